The number of unbranched alkanes of at least 4 members (excludes halogenated alkanes) is 24. The average Bonchev–Trinajstić information content (AvgIpc) is 2.89. The van der Waals surface area contributed by atoms with Crippen LogP contribution in [0.2, 0.25) is 0 Å². The Morgan fingerprint density at radius 3 is 1.19 bits per heavy atom. The molecule has 1 unspecified atom stereocenters. The van der Waals surface area contributed by atoms with Crippen LogP contribution >= 0.6 is 0 Å². The largest absolute Gasteiger partial charge is 0.462 e. The Morgan fingerprint density at radius 1 is 0.514 bits per heavy atom. The summed E-state index contributed by atoms with van der Waals surface area (Å²) in [4.78, 5) is 23.2. The summed E-state index contributed by atoms with van der Waals surface area (Å²) in [5.74, 6) is -0.108. The Morgan fingerprint density at radius 2 is 0.838 bits per heavy atom. The molecule has 0 fully saturated rings. The van der Waals surface area contributed by atoms with E-state index >= 15 is 0 Å². The Bertz CT molecular complexity index is 462. The van der Waals surface area contributed by atoms with Gasteiger partial charge in [0.05, 0.1) is 0 Å². The molecule has 0 N–H and O–H groups in total. The first kappa shape index (κ1) is 36.1. The van der Waals surface area contributed by atoms with Gasteiger partial charge in [-0.1, -0.05) is 168 Å². The van der Waals surface area contributed by atoms with E-state index in [0.717, 1.165) is 32.0 Å². The van der Waals surface area contributed by atoms with Crippen molar-refractivity contribution in [3.63, 3.8) is 0 Å². The van der Waals surface area contributed by atoms with Gasteiger partial charge < -0.3 is 9.53 Å². The Kier molecular flexibility index (Phi) is 30.6. The van der Waals surface area contributed by atoms with Gasteiger partial charge in [-0.25, -0.2) is 0 Å². The second-order valence-electron chi connectivity index (χ2n) is 11.5. The number of aldehydes is 1. The van der Waals surface area contributed by atoms with Crippen LogP contribution in [-0.2, 0) is 14.3 Å². The van der Waals surface area contributed by atoms with Crippen LogP contribution in [0, 0.1) is 0 Å². The van der Waals surface area contributed by atoms with E-state index < -0.39 is 0 Å². The minimum Gasteiger partial charge on any atom is -0.462 e. The minimum atomic E-state index is -0.208. The van der Waals surface area contributed by atoms with E-state index in [-0.39, 0.29) is 12.1 Å². The van der Waals surface area contributed by atoms with Gasteiger partial charge in [-0.05, 0) is 19.3 Å². The molecule has 0 saturated carbocycles. The van der Waals surface area contributed by atoms with Crippen molar-refractivity contribution in [3.8, 4) is 0 Å². The number of hydrogen-bond donors (Lipinski definition) is 0. The predicted molar refractivity (Wildman–Crippen MR) is 161 cm³/mol. The lowest BCUT2D eigenvalue weighted by Crippen LogP contribution is -2.18. The smallest absolute Gasteiger partial charge is 0.306 e. The molecule has 0 rings (SSSR count). The van der Waals surface area contributed by atoms with Crippen LogP contribution in [0.15, 0.2) is 0 Å². The highest BCUT2D eigenvalue weighted by Crippen LogP contribution is 2.16. The molecule has 0 bridgehead atoms. The lowest BCUT2D eigenvalue weighted by molar-refractivity contribution is -0.150. The normalized spacial score (nSPS) is 12.1. The fraction of sp³-hybridized carbons (Fsp3) is 0.941. The van der Waals surface area contributed by atoms with Gasteiger partial charge in [0, 0.05) is 12.8 Å². The number of rotatable bonds is 31. The Balaban J connectivity index is 3.47. The molecule has 220 valence electrons. The van der Waals surface area contributed by atoms with E-state index in [9.17, 15) is 9.59 Å². The molecular formula is C34H66O3. The first-order valence-electron chi connectivity index (χ1n) is 16.9. The van der Waals surface area contributed by atoms with Crippen LogP contribution < -0.4 is 0 Å². The van der Waals surface area contributed by atoms with E-state index in [0.29, 0.717) is 12.8 Å². The van der Waals surface area contributed by atoms with Crippen molar-refractivity contribution in [2.24, 2.45) is 0 Å². The molecule has 0 aromatic heterocycles. The van der Waals surface area contributed by atoms with Gasteiger partial charge in [0.2, 0.25) is 0 Å². The maximum absolute atomic E-state index is 12.2. The van der Waals surface area contributed by atoms with Crippen molar-refractivity contribution in [2.75, 3.05) is 0 Å². The summed E-state index contributed by atoms with van der Waals surface area (Å²) in [6.07, 6.45) is 36.7. The molecule has 3 nitrogen and oxygen atoms in total. The highest BCUT2D eigenvalue weighted by atomic mass is 16.5. The van der Waals surface area contributed by atoms with E-state index in [2.05, 4.69) is 13.8 Å². The van der Waals surface area contributed by atoms with Crippen molar-refractivity contribution >= 4 is 12.3 Å². The standard InChI is InChI=1S/C34H66O3/c1-3-5-7-9-11-13-14-15-16-17-18-19-20-22-24-26-28-30-34(36)37-33(31-32-35)29-27-25-23-21-12-10-8-6-4-2/h32-33H,3-31H2,1-2H3. The summed E-state index contributed by atoms with van der Waals surface area (Å²) in [5, 5.41) is 0. The SMILES string of the molecule is CCCCCCCCCCCCCCCCCCCC(=O)OC(CC=O)CCCCCCCCCCC. The first-order chi connectivity index (χ1) is 18.2. The topological polar surface area (TPSA) is 43.4 Å². The maximum atomic E-state index is 12.2. The Labute approximate surface area is 232 Å². The molecule has 3 heteroatoms. The molecule has 0 spiro atoms. The number of carbonyl (C=O) groups excluding carboxylic acids is 2. The lowest BCUT2D eigenvalue weighted by atomic mass is 10.0. The summed E-state index contributed by atoms with van der Waals surface area (Å²) in [6, 6.07) is 0. The van der Waals surface area contributed by atoms with E-state index in [1.807, 2.05) is 0 Å². The third-order valence-corrected chi connectivity index (χ3v) is 7.77. The Hall–Kier alpha value is -0.860. The van der Waals surface area contributed by atoms with Crippen molar-refractivity contribution in [1.29, 1.82) is 0 Å². The van der Waals surface area contributed by atoms with Crippen molar-refractivity contribution in [2.45, 2.75) is 206 Å². The summed E-state index contributed by atoms with van der Waals surface area (Å²) in [5.41, 5.74) is 0. The molecule has 0 aliphatic heterocycles. The molecule has 0 aromatic carbocycles. The van der Waals surface area contributed by atoms with Crippen LogP contribution in [-0.4, -0.2) is 18.4 Å². The number of hydrogen-bond acceptors (Lipinski definition) is 3. The zero-order valence-corrected chi connectivity index (χ0v) is 25.4. The highest BCUT2D eigenvalue weighted by Gasteiger charge is 2.13. The van der Waals surface area contributed by atoms with Gasteiger partial charge in [0.15, 0.2) is 0 Å². The molecule has 0 aliphatic rings. The molecule has 0 aromatic rings. The number of carbonyl (C=O) groups is 2. The molecule has 0 heterocycles. The fourth-order valence-corrected chi connectivity index (χ4v) is 5.25. The third kappa shape index (κ3) is 29.5. The lowest BCUT2D eigenvalue weighted by Gasteiger charge is -2.15. The van der Waals surface area contributed by atoms with Crippen molar-refractivity contribution in [3.05, 3.63) is 0 Å². The third-order valence-electron chi connectivity index (χ3n) is 7.77. The van der Waals surface area contributed by atoms with Gasteiger partial charge in [0.1, 0.15) is 12.4 Å². The van der Waals surface area contributed by atoms with Gasteiger partial charge in [-0.3, -0.25) is 4.79 Å². The zero-order valence-electron chi connectivity index (χ0n) is 25.4. The summed E-state index contributed by atoms with van der Waals surface area (Å²) < 4.78 is 5.62. The monoisotopic (exact) mass is 523 g/mol. The van der Waals surface area contributed by atoms with E-state index in [1.165, 1.54) is 148 Å². The molecule has 0 amide bonds. The van der Waals surface area contributed by atoms with Crippen LogP contribution in [0.3, 0.4) is 0 Å². The quantitative estimate of drug-likeness (QED) is 0.0516. The molecule has 37 heavy (non-hydrogen) atoms. The van der Waals surface area contributed by atoms with Crippen LogP contribution in [0.5, 0.6) is 0 Å². The first-order valence-corrected chi connectivity index (χ1v) is 16.9. The van der Waals surface area contributed by atoms with Crippen LogP contribution in [0.1, 0.15) is 200 Å². The van der Waals surface area contributed by atoms with Crippen LogP contribution in [0.25, 0.3) is 0 Å². The van der Waals surface area contributed by atoms with Gasteiger partial charge in [-0.2, -0.15) is 0 Å². The summed E-state index contributed by atoms with van der Waals surface area (Å²) >= 11 is 0. The van der Waals surface area contributed by atoms with E-state index in [4.69, 9.17) is 4.74 Å². The maximum Gasteiger partial charge on any atom is 0.306 e. The minimum absolute atomic E-state index is 0.108. The molecular weight excluding hydrogens is 456 g/mol. The van der Waals surface area contributed by atoms with Gasteiger partial charge in [-0.15, -0.1) is 0 Å². The van der Waals surface area contributed by atoms with Gasteiger partial charge >= 0.3 is 5.97 Å². The van der Waals surface area contributed by atoms with Crippen molar-refractivity contribution < 1.29 is 14.3 Å². The van der Waals surface area contributed by atoms with E-state index in [1.54, 1.807) is 0 Å². The second-order valence-corrected chi connectivity index (χ2v) is 11.5. The van der Waals surface area contributed by atoms with Crippen LogP contribution in [0.4, 0.5) is 0 Å². The summed E-state index contributed by atoms with van der Waals surface area (Å²) in [7, 11) is 0. The number of esters is 1. The summed E-state index contributed by atoms with van der Waals surface area (Å²) in [6.45, 7) is 4.54. The number of ether oxygens (including phenoxy) is 1. The molecule has 0 saturated heterocycles. The average molecular weight is 523 g/mol. The molecule has 0 aliphatic carbocycles. The molecule has 1 atom stereocenters. The van der Waals surface area contributed by atoms with Crippen molar-refractivity contribution in [1.82, 2.24) is 0 Å². The van der Waals surface area contributed by atoms with Gasteiger partial charge in [0.25, 0.3) is 0 Å². The molecule has 0 radical (unpaired) electrons. The second kappa shape index (κ2) is 31.4. The predicted octanol–water partition coefficient (Wildman–Crippen LogP) is 11.4. The highest BCUT2D eigenvalue weighted by molar-refractivity contribution is 5.69. The fourth-order valence-electron chi connectivity index (χ4n) is 5.25. The zero-order chi connectivity index (χ0) is 27.1.